The number of ether oxygens (including phenoxy) is 1. The highest BCUT2D eigenvalue weighted by Gasteiger charge is 2.16. The number of methoxy groups -OCH3 is 1. The van der Waals surface area contributed by atoms with Crippen LogP contribution in [0.25, 0.3) is 22.2 Å². The lowest BCUT2D eigenvalue weighted by molar-refractivity contribution is -0.116. The standard InChI is InChI=1S/C28H27BrN6O2/c1-17-26-24(21-8-10-23(37-4)11-9-21)12-13-30-28(26)35(32-17)16-25(36)31-22-7-5-6-20(14-22)15-34-19(3)27(29)18(2)33-34/h5-14H,15-16H2,1-4H3,(H,31,36). The van der Waals surface area contributed by atoms with Gasteiger partial charge in [-0.05, 0) is 83.7 Å². The van der Waals surface area contributed by atoms with E-state index >= 15 is 0 Å². The summed E-state index contributed by atoms with van der Waals surface area (Å²) in [6, 6.07) is 17.6. The Morgan fingerprint density at radius 3 is 2.46 bits per heavy atom. The lowest BCUT2D eigenvalue weighted by Crippen LogP contribution is -2.20. The lowest BCUT2D eigenvalue weighted by atomic mass is 10.0. The number of carbonyl (C=O) groups excluding carboxylic acids is 1. The number of anilines is 1. The van der Waals surface area contributed by atoms with E-state index in [1.54, 1.807) is 18.0 Å². The number of halogens is 1. The van der Waals surface area contributed by atoms with Crippen molar-refractivity contribution in [3.63, 3.8) is 0 Å². The number of fused-ring (bicyclic) bond motifs is 1. The van der Waals surface area contributed by atoms with Gasteiger partial charge in [-0.1, -0.05) is 24.3 Å². The van der Waals surface area contributed by atoms with Crippen molar-refractivity contribution >= 4 is 38.6 Å². The Bertz CT molecular complexity index is 1600. The monoisotopic (exact) mass is 558 g/mol. The molecule has 3 aromatic heterocycles. The van der Waals surface area contributed by atoms with Crippen molar-refractivity contribution in [1.82, 2.24) is 24.5 Å². The van der Waals surface area contributed by atoms with Gasteiger partial charge in [0.1, 0.15) is 12.3 Å². The predicted octanol–water partition coefficient (Wildman–Crippen LogP) is 5.68. The zero-order valence-corrected chi connectivity index (χ0v) is 22.7. The Kier molecular flexibility index (Phi) is 6.80. The number of rotatable bonds is 7. The first-order chi connectivity index (χ1) is 17.8. The van der Waals surface area contributed by atoms with Gasteiger partial charge in [-0.15, -0.1) is 0 Å². The second kappa shape index (κ2) is 10.2. The second-order valence-electron chi connectivity index (χ2n) is 8.92. The van der Waals surface area contributed by atoms with E-state index in [1.807, 2.05) is 80.1 Å². The first kappa shape index (κ1) is 24.7. The number of hydrogen-bond acceptors (Lipinski definition) is 5. The number of nitrogens with zero attached hydrogens (tertiary/aromatic N) is 5. The molecule has 2 aromatic carbocycles. The SMILES string of the molecule is COc1ccc(-c2ccnc3c2c(C)nn3CC(=O)Nc2cccc(Cn3nc(C)c(Br)c3C)c2)cc1. The maximum absolute atomic E-state index is 13.0. The van der Waals surface area contributed by atoms with E-state index in [0.29, 0.717) is 12.2 Å². The topological polar surface area (TPSA) is 86.9 Å². The molecule has 9 heteroatoms. The summed E-state index contributed by atoms with van der Waals surface area (Å²) in [7, 11) is 1.65. The van der Waals surface area contributed by atoms with Crippen molar-refractivity contribution in [2.45, 2.75) is 33.9 Å². The van der Waals surface area contributed by atoms with Crippen molar-refractivity contribution in [3.8, 4) is 16.9 Å². The number of amides is 1. The second-order valence-corrected chi connectivity index (χ2v) is 9.71. The Labute approximate surface area is 223 Å². The summed E-state index contributed by atoms with van der Waals surface area (Å²) in [5, 5.41) is 13.1. The first-order valence-electron chi connectivity index (χ1n) is 11.9. The number of benzene rings is 2. The molecule has 0 unspecified atom stereocenters. The molecule has 0 saturated carbocycles. The molecule has 1 N–H and O–H groups in total. The minimum atomic E-state index is -0.174. The molecular weight excluding hydrogens is 532 g/mol. The van der Waals surface area contributed by atoms with Crippen LogP contribution in [-0.4, -0.2) is 37.6 Å². The van der Waals surface area contributed by atoms with Gasteiger partial charge < -0.3 is 10.1 Å². The van der Waals surface area contributed by atoms with E-state index in [2.05, 4.69) is 36.4 Å². The van der Waals surface area contributed by atoms with E-state index in [4.69, 9.17) is 4.74 Å². The quantitative estimate of drug-likeness (QED) is 0.277. The lowest BCUT2D eigenvalue weighted by Gasteiger charge is -2.10. The zero-order valence-electron chi connectivity index (χ0n) is 21.1. The van der Waals surface area contributed by atoms with E-state index in [1.165, 1.54) is 0 Å². The summed E-state index contributed by atoms with van der Waals surface area (Å²) < 4.78 is 9.90. The van der Waals surface area contributed by atoms with Crippen LogP contribution in [0.2, 0.25) is 0 Å². The third-order valence-corrected chi connectivity index (χ3v) is 7.49. The number of pyridine rings is 1. The average Bonchev–Trinajstić information content (AvgIpc) is 3.34. The Morgan fingerprint density at radius 1 is 1.00 bits per heavy atom. The largest absolute Gasteiger partial charge is 0.497 e. The molecule has 1 amide bonds. The molecule has 37 heavy (non-hydrogen) atoms. The minimum Gasteiger partial charge on any atom is -0.497 e. The smallest absolute Gasteiger partial charge is 0.246 e. The number of carbonyl (C=O) groups is 1. The Balaban J connectivity index is 1.35. The van der Waals surface area contributed by atoms with Crippen LogP contribution in [0.1, 0.15) is 22.6 Å². The summed E-state index contributed by atoms with van der Waals surface area (Å²) in [4.78, 5) is 17.5. The fourth-order valence-electron chi connectivity index (χ4n) is 4.49. The van der Waals surface area contributed by atoms with Crippen LogP contribution in [0.4, 0.5) is 5.69 Å². The van der Waals surface area contributed by atoms with E-state index < -0.39 is 0 Å². The highest BCUT2D eigenvalue weighted by atomic mass is 79.9. The van der Waals surface area contributed by atoms with Crippen molar-refractivity contribution in [1.29, 1.82) is 0 Å². The summed E-state index contributed by atoms with van der Waals surface area (Å²) >= 11 is 3.58. The van der Waals surface area contributed by atoms with Gasteiger partial charge in [-0.25, -0.2) is 9.67 Å². The molecule has 0 atom stereocenters. The van der Waals surface area contributed by atoms with Crippen LogP contribution in [0.15, 0.2) is 65.3 Å². The maximum Gasteiger partial charge on any atom is 0.246 e. The van der Waals surface area contributed by atoms with Crippen molar-refractivity contribution in [2.75, 3.05) is 12.4 Å². The molecule has 0 radical (unpaired) electrons. The zero-order chi connectivity index (χ0) is 26.1. The molecule has 3 heterocycles. The first-order valence-corrected chi connectivity index (χ1v) is 12.7. The number of nitrogens with one attached hydrogen (secondary N) is 1. The van der Waals surface area contributed by atoms with Crippen LogP contribution in [0.5, 0.6) is 5.75 Å². The van der Waals surface area contributed by atoms with Gasteiger partial charge in [-0.3, -0.25) is 9.48 Å². The molecule has 8 nitrogen and oxygen atoms in total. The number of hydrogen-bond donors (Lipinski definition) is 1. The third-order valence-electron chi connectivity index (χ3n) is 6.34. The van der Waals surface area contributed by atoms with E-state index in [9.17, 15) is 4.79 Å². The molecule has 0 spiro atoms. The molecule has 0 bridgehead atoms. The normalized spacial score (nSPS) is 11.2. The van der Waals surface area contributed by atoms with Crippen LogP contribution < -0.4 is 10.1 Å². The highest BCUT2D eigenvalue weighted by Crippen LogP contribution is 2.31. The summed E-state index contributed by atoms with van der Waals surface area (Å²) in [6.45, 7) is 6.60. The fraction of sp³-hybridized carbons (Fsp3) is 0.214. The van der Waals surface area contributed by atoms with Crippen LogP contribution in [0, 0.1) is 20.8 Å². The van der Waals surface area contributed by atoms with Gasteiger partial charge in [-0.2, -0.15) is 10.2 Å². The van der Waals surface area contributed by atoms with Gasteiger partial charge in [0.25, 0.3) is 0 Å². The number of aryl methyl sites for hydroxylation is 2. The molecule has 0 fully saturated rings. The van der Waals surface area contributed by atoms with Crippen LogP contribution in [-0.2, 0) is 17.9 Å². The van der Waals surface area contributed by atoms with Crippen molar-refractivity contribution in [3.05, 3.63) is 87.9 Å². The summed E-state index contributed by atoms with van der Waals surface area (Å²) in [5.41, 5.74) is 7.32. The summed E-state index contributed by atoms with van der Waals surface area (Å²) in [5.74, 6) is 0.622. The minimum absolute atomic E-state index is 0.0536. The number of aromatic nitrogens is 5. The highest BCUT2D eigenvalue weighted by molar-refractivity contribution is 9.10. The molecule has 0 aliphatic carbocycles. The predicted molar refractivity (Wildman–Crippen MR) is 148 cm³/mol. The summed E-state index contributed by atoms with van der Waals surface area (Å²) in [6.07, 6.45) is 1.75. The van der Waals surface area contributed by atoms with Gasteiger partial charge in [0.05, 0.1) is 35.2 Å². The molecule has 0 saturated heterocycles. The van der Waals surface area contributed by atoms with Crippen LogP contribution in [0.3, 0.4) is 0 Å². The Hall–Kier alpha value is -3.98. The molecule has 5 aromatic rings. The van der Waals surface area contributed by atoms with Crippen LogP contribution >= 0.6 is 15.9 Å². The fourth-order valence-corrected chi connectivity index (χ4v) is 4.77. The third kappa shape index (κ3) is 4.99. The molecular formula is C28H27BrN6O2. The van der Waals surface area contributed by atoms with Gasteiger partial charge in [0.15, 0.2) is 5.65 Å². The van der Waals surface area contributed by atoms with Gasteiger partial charge in [0.2, 0.25) is 5.91 Å². The van der Waals surface area contributed by atoms with Crippen molar-refractivity contribution < 1.29 is 9.53 Å². The molecule has 5 rings (SSSR count). The Morgan fingerprint density at radius 2 is 1.76 bits per heavy atom. The molecule has 0 aliphatic rings. The van der Waals surface area contributed by atoms with Gasteiger partial charge >= 0.3 is 0 Å². The van der Waals surface area contributed by atoms with Crippen molar-refractivity contribution in [2.24, 2.45) is 0 Å². The maximum atomic E-state index is 13.0. The van der Waals surface area contributed by atoms with E-state index in [-0.39, 0.29) is 12.5 Å². The van der Waals surface area contributed by atoms with Gasteiger partial charge in [0, 0.05) is 17.3 Å². The van der Waals surface area contributed by atoms with E-state index in [0.717, 1.165) is 55.1 Å². The average molecular weight is 559 g/mol. The molecule has 188 valence electrons. The molecule has 0 aliphatic heterocycles.